The summed E-state index contributed by atoms with van der Waals surface area (Å²) in [5.74, 6) is -1.26. The van der Waals surface area contributed by atoms with E-state index in [1.807, 2.05) is 20.8 Å². The maximum Gasteiger partial charge on any atom is 0.328 e. The van der Waals surface area contributed by atoms with Crippen LogP contribution < -0.4 is 20.3 Å². The van der Waals surface area contributed by atoms with E-state index in [1.165, 1.54) is 23.1 Å². The minimum Gasteiger partial charge on any atom is -0.507 e. The smallest absolute Gasteiger partial charge is 0.328 e. The molecule has 11 heteroatoms. The summed E-state index contributed by atoms with van der Waals surface area (Å²) in [5.41, 5.74) is 0.748. The highest BCUT2D eigenvalue weighted by atomic mass is 32.2. The number of imide groups is 1. The molecular formula is C22H26N4O6S. The van der Waals surface area contributed by atoms with E-state index in [4.69, 9.17) is 0 Å². The number of amides is 4. The molecule has 1 heterocycles. The van der Waals surface area contributed by atoms with Crippen LogP contribution in [0.25, 0.3) is 0 Å². The average molecular weight is 475 g/mol. The summed E-state index contributed by atoms with van der Waals surface area (Å²) in [7, 11) is -3.50. The van der Waals surface area contributed by atoms with Gasteiger partial charge in [-0.2, -0.15) is 0 Å². The minimum atomic E-state index is -3.50. The van der Waals surface area contributed by atoms with Crippen LogP contribution in [0.2, 0.25) is 0 Å². The highest BCUT2D eigenvalue weighted by Gasteiger charge is 2.29. The van der Waals surface area contributed by atoms with Gasteiger partial charge in [0.2, 0.25) is 15.9 Å². The van der Waals surface area contributed by atoms with Crippen LogP contribution in [-0.4, -0.2) is 44.2 Å². The van der Waals surface area contributed by atoms with Crippen molar-refractivity contribution in [2.75, 3.05) is 27.7 Å². The lowest BCUT2D eigenvalue weighted by Crippen LogP contribution is -2.49. The van der Waals surface area contributed by atoms with E-state index in [1.54, 1.807) is 18.2 Å². The third-order valence-corrected chi connectivity index (χ3v) is 5.54. The number of phenols is 1. The fraction of sp³-hybridized carbons (Fsp3) is 0.318. The topological polar surface area (TPSA) is 145 Å². The van der Waals surface area contributed by atoms with Gasteiger partial charge in [0, 0.05) is 29.9 Å². The molecule has 2 aromatic carbocycles. The molecule has 10 nitrogen and oxygen atoms in total. The molecule has 3 rings (SSSR count). The van der Waals surface area contributed by atoms with E-state index in [-0.39, 0.29) is 35.9 Å². The van der Waals surface area contributed by atoms with Crippen LogP contribution in [0.1, 0.15) is 43.1 Å². The summed E-state index contributed by atoms with van der Waals surface area (Å²) in [5, 5.41) is 15.8. The zero-order valence-corrected chi connectivity index (χ0v) is 19.5. The molecule has 33 heavy (non-hydrogen) atoms. The first-order valence-corrected chi connectivity index (χ1v) is 12.0. The summed E-state index contributed by atoms with van der Waals surface area (Å²) < 4.78 is 25.3. The van der Waals surface area contributed by atoms with Gasteiger partial charge in [-0.3, -0.25) is 24.5 Å². The van der Waals surface area contributed by atoms with E-state index in [2.05, 4.69) is 15.4 Å². The highest BCUT2D eigenvalue weighted by Crippen LogP contribution is 2.38. The predicted molar refractivity (Wildman–Crippen MR) is 125 cm³/mol. The van der Waals surface area contributed by atoms with Gasteiger partial charge in [-0.25, -0.2) is 13.2 Å². The van der Waals surface area contributed by atoms with Gasteiger partial charge in [-0.05, 0) is 35.7 Å². The number of sulfonamides is 1. The van der Waals surface area contributed by atoms with E-state index < -0.39 is 27.4 Å². The molecule has 1 saturated heterocycles. The number of anilines is 3. The van der Waals surface area contributed by atoms with Crippen molar-refractivity contribution in [3.05, 3.63) is 47.5 Å². The number of phenolic OH excluding ortho intramolecular Hbond substituents is 1. The normalized spacial score (nSPS) is 14.6. The van der Waals surface area contributed by atoms with Crippen molar-refractivity contribution < 1.29 is 27.9 Å². The molecule has 1 aliphatic heterocycles. The number of nitrogens with one attached hydrogen (secondary N) is 3. The molecule has 0 radical (unpaired) electrons. The number of nitrogens with zero attached hydrogens (tertiary/aromatic N) is 1. The summed E-state index contributed by atoms with van der Waals surface area (Å²) in [4.78, 5) is 38.3. The van der Waals surface area contributed by atoms with Gasteiger partial charge in [-0.1, -0.05) is 26.8 Å². The largest absolute Gasteiger partial charge is 0.507 e. The maximum atomic E-state index is 13.1. The maximum absolute atomic E-state index is 13.1. The Kier molecular flexibility index (Phi) is 6.37. The van der Waals surface area contributed by atoms with Crippen molar-refractivity contribution in [2.45, 2.75) is 32.6 Å². The third kappa shape index (κ3) is 5.80. The lowest BCUT2D eigenvalue weighted by atomic mass is 9.84. The molecule has 0 atom stereocenters. The van der Waals surface area contributed by atoms with E-state index in [9.17, 15) is 27.9 Å². The zero-order chi connectivity index (χ0) is 24.6. The predicted octanol–water partition coefficient (Wildman–Crippen LogP) is 2.76. The first kappa shape index (κ1) is 24.1. The lowest BCUT2D eigenvalue weighted by Gasteiger charge is -2.29. The van der Waals surface area contributed by atoms with Gasteiger partial charge in [-0.15, -0.1) is 0 Å². The van der Waals surface area contributed by atoms with Crippen LogP contribution in [0.5, 0.6) is 5.75 Å². The molecule has 0 saturated carbocycles. The second kappa shape index (κ2) is 8.74. The van der Waals surface area contributed by atoms with E-state index >= 15 is 0 Å². The number of benzene rings is 2. The fourth-order valence-electron chi connectivity index (χ4n) is 3.40. The third-order valence-electron chi connectivity index (χ3n) is 4.94. The monoisotopic (exact) mass is 474 g/mol. The van der Waals surface area contributed by atoms with Crippen LogP contribution in [0.3, 0.4) is 0 Å². The number of rotatable bonds is 5. The molecule has 2 aromatic rings. The van der Waals surface area contributed by atoms with Gasteiger partial charge in [0.25, 0.3) is 5.91 Å². The Morgan fingerprint density at radius 2 is 1.79 bits per heavy atom. The van der Waals surface area contributed by atoms with Crippen LogP contribution in [0, 0.1) is 0 Å². The second-order valence-electron chi connectivity index (χ2n) is 8.80. The fourth-order valence-corrected chi connectivity index (χ4v) is 3.96. The summed E-state index contributed by atoms with van der Waals surface area (Å²) in [6, 6.07) is 8.50. The molecule has 4 amide bonds. The number of hydrogen-bond donors (Lipinski definition) is 4. The number of urea groups is 1. The van der Waals surface area contributed by atoms with Crippen molar-refractivity contribution in [3.8, 4) is 5.75 Å². The zero-order valence-electron chi connectivity index (χ0n) is 18.7. The quantitative estimate of drug-likeness (QED) is 0.524. The van der Waals surface area contributed by atoms with Crippen molar-refractivity contribution >= 4 is 44.9 Å². The molecule has 4 N–H and O–H groups in total. The second-order valence-corrected chi connectivity index (χ2v) is 10.6. The SMILES string of the molecule is CC(C)(C)c1cc(N2CCC(=O)NC2=O)cc(C(=O)Nc2cccc(NS(C)(=O)=O)c2)c1O. The highest BCUT2D eigenvalue weighted by molar-refractivity contribution is 7.92. The van der Waals surface area contributed by atoms with Gasteiger partial charge in [0.05, 0.1) is 17.5 Å². The molecule has 0 bridgehead atoms. The first-order chi connectivity index (χ1) is 15.2. The number of hydrogen-bond acceptors (Lipinski definition) is 6. The van der Waals surface area contributed by atoms with Crippen LogP contribution >= 0.6 is 0 Å². The molecule has 0 aromatic heterocycles. The van der Waals surface area contributed by atoms with Crippen molar-refractivity contribution in [2.24, 2.45) is 0 Å². The summed E-state index contributed by atoms with van der Waals surface area (Å²) in [6.45, 7) is 5.70. The average Bonchev–Trinajstić information content (AvgIpc) is 2.66. The minimum absolute atomic E-state index is 0.0661. The van der Waals surface area contributed by atoms with Gasteiger partial charge >= 0.3 is 6.03 Å². The number of carbonyl (C=O) groups is 3. The Morgan fingerprint density at radius 3 is 2.39 bits per heavy atom. The molecule has 0 aliphatic carbocycles. The summed E-state index contributed by atoms with van der Waals surface area (Å²) >= 11 is 0. The van der Waals surface area contributed by atoms with Gasteiger partial charge in [0.1, 0.15) is 5.75 Å². The molecule has 176 valence electrons. The Labute approximate surface area is 192 Å². The van der Waals surface area contributed by atoms with Crippen molar-refractivity contribution in [1.82, 2.24) is 5.32 Å². The van der Waals surface area contributed by atoms with E-state index in [0.717, 1.165) is 6.26 Å². The van der Waals surface area contributed by atoms with Crippen LogP contribution in [0.15, 0.2) is 36.4 Å². The standard InChI is InChI=1S/C22H26N4O6S/c1-22(2,3)17-12-15(26-9-8-18(27)24-21(26)30)11-16(19(17)28)20(29)23-13-6-5-7-14(10-13)25-33(4,31)32/h5-7,10-12,25,28H,8-9H2,1-4H3,(H,23,29)(H,24,27,30). The van der Waals surface area contributed by atoms with Crippen LogP contribution in [0.4, 0.5) is 21.9 Å². The molecular weight excluding hydrogens is 448 g/mol. The molecule has 1 aliphatic rings. The van der Waals surface area contributed by atoms with Crippen LogP contribution in [-0.2, 0) is 20.2 Å². The molecule has 1 fully saturated rings. The van der Waals surface area contributed by atoms with Crippen molar-refractivity contribution in [1.29, 1.82) is 0 Å². The lowest BCUT2D eigenvalue weighted by molar-refractivity contribution is -0.120. The summed E-state index contributed by atoms with van der Waals surface area (Å²) in [6.07, 6.45) is 1.12. The first-order valence-electron chi connectivity index (χ1n) is 10.1. The van der Waals surface area contributed by atoms with Crippen molar-refractivity contribution in [3.63, 3.8) is 0 Å². The Bertz CT molecular complexity index is 1230. The van der Waals surface area contributed by atoms with Gasteiger partial charge < -0.3 is 10.4 Å². The Morgan fingerprint density at radius 1 is 1.12 bits per heavy atom. The molecule has 0 spiro atoms. The number of aromatic hydroxyl groups is 1. The number of carbonyl (C=O) groups excluding carboxylic acids is 3. The van der Waals surface area contributed by atoms with E-state index in [0.29, 0.717) is 16.9 Å². The Hall–Kier alpha value is -3.60. The molecule has 0 unspecified atom stereocenters. The Balaban J connectivity index is 1.99. The van der Waals surface area contributed by atoms with Gasteiger partial charge in [0.15, 0.2) is 0 Å².